The number of thiophene rings is 1. The van der Waals surface area contributed by atoms with Crippen molar-refractivity contribution in [2.75, 3.05) is 0 Å². The van der Waals surface area contributed by atoms with Crippen LogP contribution in [-0.2, 0) is 5.33 Å². The number of nitriles is 1. The fourth-order valence-electron chi connectivity index (χ4n) is 1.38. The predicted molar refractivity (Wildman–Crippen MR) is 71.9 cm³/mol. The van der Waals surface area contributed by atoms with Crippen molar-refractivity contribution in [1.82, 2.24) is 0 Å². The zero-order chi connectivity index (χ0) is 10.1. The molecule has 1 aromatic carbocycles. The van der Waals surface area contributed by atoms with Gasteiger partial charge in [0.05, 0.1) is 10.3 Å². The highest BCUT2D eigenvalue weighted by Gasteiger charge is 2.10. The molecule has 0 aliphatic carbocycles. The summed E-state index contributed by atoms with van der Waals surface area (Å²) in [6.07, 6.45) is 0. The summed E-state index contributed by atoms with van der Waals surface area (Å²) < 4.78 is 2.14. The van der Waals surface area contributed by atoms with E-state index in [2.05, 4.69) is 56.7 Å². The molecule has 0 aliphatic heterocycles. The predicted octanol–water partition coefficient (Wildman–Crippen LogP) is 4.27. The van der Waals surface area contributed by atoms with Gasteiger partial charge >= 0.3 is 0 Å². The van der Waals surface area contributed by atoms with Crippen LogP contribution < -0.4 is 0 Å². The second kappa shape index (κ2) is 4.17. The first kappa shape index (κ1) is 10.4. The number of alkyl halides is 1. The maximum absolute atomic E-state index is 9.04. The molecule has 1 nitrogen and oxygen atoms in total. The van der Waals surface area contributed by atoms with E-state index in [0.717, 1.165) is 19.2 Å². The average Bonchev–Trinajstić information content (AvgIpc) is 2.65. The van der Waals surface area contributed by atoms with E-state index in [-0.39, 0.29) is 0 Å². The monoisotopic (exact) mass is 377 g/mol. The van der Waals surface area contributed by atoms with Crippen LogP contribution in [0.15, 0.2) is 17.5 Å². The average molecular weight is 378 g/mol. The van der Waals surface area contributed by atoms with Gasteiger partial charge in [0.1, 0.15) is 6.07 Å². The highest BCUT2D eigenvalue weighted by Crippen LogP contribution is 2.32. The third kappa shape index (κ3) is 1.58. The molecular formula is C10H5BrINS. The lowest BCUT2D eigenvalue weighted by molar-refractivity contribution is 1.45. The second-order valence-corrected chi connectivity index (χ2v) is 5.44. The molecule has 1 heterocycles. The minimum atomic E-state index is 0.806. The maximum Gasteiger partial charge on any atom is 0.102 e. The molecule has 0 amide bonds. The van der Waals surface area contributed by atoms with Crippen LogP contribution >= 0.6 is 49.9 Å². The lowest BCUT2D eigenvalue weighted by atomic mass is 10.1. The highest BCUT2D eigenvalue weighted by molar-refractivity contribution is 14.1. The number of nitrogens with zero attached hydrogens (tertiary/aromatic N) is 1. The Bertz CT molecular complexity index is 527. The number of benzene rings is 1. The molecular weight excluding hydrogens is 373 g/mol. The van der Waals surface area contributed by atoms with Crippen LogP contribution in [0.4, 0.5) is 0 Å². The van der Waals surface area contributed by atoms with Gasteiger partial charge in [-0.05, 0) is 51.1 Å². The quantitative estimate of drug-likeness (QED) is 0.537. The third-order valence-electron chi connectivity index (χ3n) is 2.03. The van der Waals surface area contributed by atoms with Gasteiger partial charge in [-0.1, -0.05) is 15.9 Å². The summed E-state index contributed by atoms with van der Waals surface area (Å²) in [5.41, 5.74) is 2.06. The molecule has 0 fully saturated rings. The molecule has 0 saturated heterocycles. The zero-order valence-electron chi connectivity index (χ0n) is 7.05. The van der Waals surface area contributed by atoms with E-state index in [1.54, 1.807) is 11.3 Å². The van der Waals surface area contributed by atoms with Crippen molar-refractivity contribution >= 4 is 59.9 Å². The third-order valence-corrected chi connectivity index (χ3v) is 4.42. The van der Waals surface area contributed by atoms with E-state index < -0.39 is 0 Å². The summed E-state index contributed by atoms with van der Waals surface area (Å²) in [7, 11) is 0. The van der Waals surface area contributed by atoms with Crippen molar-refractivity contribution in [3.8, 4) is 6.07 Å². The van der Waals surface area contributed by atoms with Gasteiger partial charge in [0.15, 0.2) is 0 Å². The molecule has 0 spiro atoms. The number of rotatable bonds is 1. The van der Waals surface area contributed by atoms with Crippen LogP contribution in [-0.4, -0.2) is 0 Å². The van der Waals surface area contributed by atoms with Gasteiger partial charge < -0.3 is 0 Å². The SMILES string of the molecule is N#Cc1c(I)cc(CBr)c2ccsc12. The molecule has 0 radical (unpaired) electrons. The highest BCUT2D eigenvalue weighted by atomic mass is 127. The zero-order valence-corrected chi connectivity index (χ0v) is 11.6. The topological polar surface area (TPSA) is 23.8 Å². The van der Waals surface area contributed by atoms with Gasteiger partial charge in [0.2, 0.25) is 0 Å². The molecule has 0 aliphatic rings. The normalized spacial score (nSPS) is 10.4. The van der Waals surface area contributed by atoms with E-state index in [1.807, 2.05) is 5.38 Å². The van der Waals surface area contributed by atoms with Crippen LogP contribution in [0.5, 0.6) is 0 Å². The molecule has 0 saturated carbocycles. The summed E-state index contributed by atoms with van der Waals surface area (Å²) in [6, 6.07) is 6.41. The van der Waals surface area contributed by atoms with Gasteiger partial charge in [-0.3, -0.25) is 0 Å². The van der Waals surface area contributed by atoms with Crippen molar-refractivity contribution in [2.45, 2.75) is 5.33 Å². The Morgan fingerprint density at radius 2 is 2.36 bits per heavy atom. The Balaban J connectivity index is 2.90. The number of hydrogen-bond donors (Lipinski definition) is 0. The first-order chi connectivity index (χ1) is 6.77. The van der Waals surface area contributed by atoms with Gasteiger partial charge in [-0.25, -0.2) is 0 Å². The van der Waals surface area contributed by atoms with Crippen molar-refractivity contribution in [2.24, 2.45) is 0 Å². The van der Waals surface area contributed by atoms with Gasteiger partial charge in [0.25, 0.3) is 0 Å². The van der Waals surface area contributed by atoms with E-state index in [9.17, 15) is 0 Å². The smallest absolute Gasteiger partial charge is 0.102 e. The lowest BCUT2D eigenvalue weighted by Crippen LogP contribution is -1.87. The molecule has 0 unspecified atom stereocenters. The number of fused-ring (bicyclic) bond motifs is 1. The summed E-state index contributed by atoms with van der Waals surface area (Å²) in [5, 5.41) is 13.1. The Hall–Kier alpha value is -0.120. The van der Waals surface area contributed by atoms with Crippen LogP contribution in [0.3, 0.4) is 0 Å². The minimum absolute atomic E-state index is 0.806. The van der Waals surface area contributed by atoms with E-state index >= 15 is 0 Å². The Morgan fingerprint density at radius 3 is 3.00 bits per heavy atom. The van der Waals surface area contributed by atoms with E-state index in [1.165, 1.54) is 10.9 Å². The van der Waals surface area contributed by atoms with E-state index in [0.29, 0.717) is 0 Å². The van der Waals surface area contributed by atoms with Crippen molar-refractivity contribution in [1.29, 1.82) is 5.26 Å². The molecule has 2 rings (SSSR count). The number of halogens is 2. The molecule has 4 heteroatoms. The Morgan fingerprint density at radius 1 is 1.57 bits per heavy atom. The second-order valence-electron chi connectivity index (χ2n) is 2.80. The van der Waals surface area contributed by atoms with Crippen LogP contribution in [0.2, 0.25) is 0 Å². The van der Waals surface area contributed by atoms with Gasteiger partial charge in [-0.15, -0.1) is 11.3 Å². The number of hydrogen-bond acceptors (Lipinski definition) is 2. The molecule has 0 bridgehead atoms. The van der Waals surface area contributed by atoms with Crippen LogP contribution in [0.25, 0.3) is 10.1 Å². The molecule has 14 heavy (non-hydrogen) atoms. The van der Waals surface area contributed by atoms with Crippen LogP contribution in [0.1, 0.15) is 11.1 Å². The summed E-state index contributed by atoms with van der Waals surface area (Å²) >= 11 is 7.31. The van der Waals surface area contributed by atoms with E-state index in [4.69, 9.17) is 5.26 Å². The standard InChI is InChI=1S/C10H5BrINS/c11-4-6-3-9(12)8(5-13)10-7(6)1-2-14-10/h1-3H,4H2. The Labute approximate surface area is 108 Å². The molecule has 1 aromatic heterocycles. The summed E-state index contributed by atoms with van der Waals surface area (Å²) in [5.74, 6) is 0. The van der Waals surface area contributed by atoms with Crippen LogP contribution in [0, 0.1) is 14.9 Å². The molecule has 70 valence electrons. The van der Waals surface area contributed by atoms with Crippen molar-refractivity contribution in [3.63, 3.8) is 0 Å². The summed E-state index contributed by atoms with van der Waals surface area (Å²) in [6.45, 7) is 0. The fourth-order valence-corrected chi connectivity index (χ4v) is 3.73. The fraction of sp³-hybridized carbons (Fsp3) is 0.100. The largest absolute Gasteiger partial charge is 0.192 e. The molecule has 2 aromatic rings. The van der Waals surface area contributed by atoms with Crippen molar-refractivity contribution < 1.29 is 0 Å². The maximum atomic E-state index is 9.04. The Kier molecular flexibility index (Phi) is 3.10. The minimum Gasteiger partial charge on any atom is -0.192 e. The first-order valence-electron chi connectivity index (χ1n) is 3.92. The first-order valence-corrected chi connectivity index (χ1v) is 7.00. The van der Waals surface area contributed by atoms with Gasteiger partial charge in [0, 0.05) is 8.90 Å². The van der Waals surface area contributed by atoms with Gasteiger partial charge in [-0.2, -0.15) is 5.26 Å². The lowest BCUT2D eigenvalue weighted by Gasteiger charge is -2.02. The molecule has 0 N–H and O–H groups in total. The molecule has 0 atom stereocenters. The van der Waals surface area contributed by atoms with Crippen molar-refractivity contribution in [3.05, 3.63) is 32.2 Å². The summed E-state index contributed by atoms with van der Waals surface area (Å²) in [4.78, 5) is 0.